The van der Waals surface area contributed by atoms with Gasteiger partial charge in [0, 0.05) is 30.6 Å². The quantitative estimate of drug-likeness (QED) is 0.767. The second kappa shape index (κ2) is 6.91. The van der Waals surface area contributed by atoms with Crippen LogP contribution < -0.4 is 5.32 Å². The number of thiazole rings is 1. The number of methoxy groups -OCH3 is 1. The lowest BCUT2D eigenvalue weighted by Crippen LogP contribution is -2.12. The molecule has 2 heterocycles. The molecule has 3 aromatic rings. The third kappa shape index (κ3) is 3.58. The highest BCUT2D eigenvalue weighted by molar-refractivity contribution is 7.09. The van der Waals surface area contributed by atoms with Crippen LogP contribution >= 0.6 is 22.9 Å². The number of halogens is 1. The van der Waals surface area contributed by atoms with Gasteiger partial charge < -0.3 is 10.1 Å². The fraction of sp³-hybridized carbons (Fsp3) is 0.133. The van der Waals surface area contributed by atoms with Crippen LogP contribution in [0.2, 0.25) is 5.02 Å². The largest absolute Gasteiger partial charge is 0.378 e. The lowest BCUT2D eigenvalue weighted by molar-refractivity contribution is 0.102. The van der Waals surface area contributed by atoms with Gasteiger partial charge in [0.15, 0.2) is 0 Å². The molecule has 0 fully saturated rings. The number of nitrogens with one attached hydrogen (secondary N) is 1. The Morgan fingerprint density at radius 1 is 1.48 bits per heavy atom. The summed E-state index contributed by atoms with van der Waals surface area (Å²) >= 11 is 7.64. The second-order valence-corrected chi connectivity index (χ2v) is 5.98. The van der Waals surface area contributed by atoms with Gasteiger partial charge in [0.05, 0.1) is 17.3 Å². The molecule has 0 aliphatic carbocycles. The molecule has 0 aliphatic rings. The van der Waals surface area contributed by atoms with Crippen molar-refractivity contribution in [3.63, 3.8) is 0 Å². The van der Waals surface area contributed by atoms with Crippen molar-refractivity contribution in [2.24, 2.45) is 0 Å². The van der Waals surface area contributed by atoms with E-state index in [1.54, 1.807) is 47.8 Å². The first kappa shape index (κ1) is 15.7. The summed E-state index contributed by atoms with van der Waals surface area (Å²) in [5.41, 5.74) is 1.69. The summed E-state index contributed by atoms with van der Waals surface area (Å²) in [5, 5.41) is 9.85. The number of nitrogens with zero attached hydrogens (tertiary/aromatic N) is 3. The lowest BCUT2D eigenvalue weighted by atomic mass is 10.2. The zero-order chi connectivity index (χ0) is 16.2. The molecule has 0 atom stereocenters. The average molecular weight is 349 g/mol. The summed E-state index contributed by atoms with van der Waals surface area (Å²) in [7, 11) is 1.59. The maximum atomic E-state index is 12.2. The van der Waals surface area contributed by atoms with Gasteiger partial charge in [-0.1, -0.05) is 11.6 Å². The van der Waals surface area contributed by atoms with Gasteiger partial charge in [-0.05, 0) is 24.3 Å². The van der Waals surface area contributed by atoms with Gasteiger partial charge in [-0.25, -0.2) is 9.67 Å². The van der Waals surface area contributed by atoms with Crippen LogP contribution in [0.15, 0.2) is 42.0 Å². The standard InChI is InChI=1S/C15H13ClN4O2S/c1-22-8-14-19-12(9-23-14)15(21)18-10-3-4-13(11(16)7-10)20-6-2-5-17-20/h2-7,9H,8H2,1H3,(H,18,21). The number of hydrogen-bond acceptors (Lipinski definition) is 5. The number of amides is 1. The lowest BCUT2D eigenvalue weighted by Gasteiger charge is -2.08. The summed E-state index contributed by atoms with van der Waals surface area (Å²) in [6.07, 6.45) is 3.47. The minimum Gasteiger partial charge on any atom is -0.378 e. The predicted octanol–water partition coefficient (Wildman–Crippen LogP) is 3.38. The maximum Gasteiger partial charge on any atom is 0.275 e. The highest BCUT2D eigenvalue weighted by Crippen LogP contribution is 2.24. The summed E-state index contributed by atoms with van der Waals surface area (Å²) in [4.78, 5) is 16.4. The van der Waals surface area contributed by atoms with E-state index in [0.29, 0.717) is 23.0 Å². The van der Waals surface area contributed by atoms with Crippen molar-refractivity contribution < 1.29 is 9.53 Å². The van der Waals surface area contributed by atoms with Crippen LogP contribution in [0.5, 0.6) is 0 Å². The highest BCUT2D eigenvalue weighted by atomic mass is 35.5. The van der Waals surface area contributed by atoms with E-state index in [0.717, 1.165) is 10.7 Å². The molecule has 0 radical (unpaired) electrons. The molecule has 0 spiro atoms. The SMILES string of the molecule is COCc1nc(C(=O)Nc2ccc(-n3cccn3)c(Cl)c2)cs1. The maximum absolute atomic E-state index is 12.2. The molecular formula is C15H13ClN4O2S. The molecule has 0 saturated heterocycles. The molecular weight excluding hydrogens is 336 g/mol. The Balaban J connectivity index is 1.74. The van der Waals surface area contributed by atoms with E-state index in [9.17, 15) is 4.79 Å². The van der Waals surface area contributed by atoms with Gasteiger partial charge in [0.2, 0.25) is 0 Å². The number of carbonyl (C=O) groups excluding carboxylic acids is 1. The minimum atomic E-state index is -0.286. The van der Waals surface area contributed by atoms with Gasteiger partial charge in [0.1, 0.15) is 10.7 Å². The van der Waals surface area contributed by atoms with Crippen LogP contribution in [0.3, 0.4) is 0 Å². The van der Waals surface area contributed by atoms with Gasteiger partial charge in [0.25, 0.3) is 5.91 Å². The average Bonchev–Trinajstić information content (AvgIpc) is 3.19. The molecule has 0 saturated carbocycles. The molecule has 3 rings (SSSR count). The van der Waals surface area contributed by atoms with Crippen molar-refractivity contribution in [2.75, 3.05) is 12.4 Å². The Labute approximate surface area is 141 Å². The number of ether oxygens (including phenoxy) is 1. The van der Waals surface area contributed by atoms with Gasteiger partial charge >= 0.3 is 0 Å². The van der Waals surface area contributed by atoms with Crippen molar-refractivity contribution >= 4 is 34.5 Å². The van der Waals surface area contributed by atoms with Crippen LogP contribution in [0, 0.1) is 0 Å². The number of rotatable bonds is 5. The molecule has 118 valence electrons. The number of carbonyl (C=O) groups is 1. The van der Waals surface area contributed by atoms with Crippen LogP contribution in [-0.4, -0.2) is 27.8 Å². The molecule has 1 aromatic carbocycles. The first-order valence-corrected chi connectivity index (χ1v) is 7.97. The Morgan fingerprint density at radius 2 is 2.35 bits per heavy atom. The Kier molecular flexibility index (Phi) is 4.71. The summed E-state index contributed by atoms with van der Waals surface area (Å²) < 4.78 is 6.65. The fourth-order valence-electron chi connectivity index (χ4n) is 1.98. The fourth-order valence-corrected chi connectivity index (χ4v) is 2.99. The van der Waals surface area contributed by atoms with Crippen LogP contribution in [0.1, 0.15) is 15.5 Å². The summed E-state index contributed by atoms with van der Waals surface area (Å²) in [5.74, 6) is -0.286. The van der Waals surface area contributed by atoms with E-state index in [1.165, 1.54) is 11.3 Å². The van der Waals surface area contributed by atoms with Gasteiger partial charge in [-0.15, -0.1) is 11.3 Å². The van der Waals surface area contributed by atoms with Crippen molar-refractivity contribution in [1.29, 1.82) is 0 Å². The van der Waals surface area contributed by atoms with Crippen LogP contribution in [0.25, 0.3) is 5.69 Å². The minimum absolute atomic E-state index is 0.286. The van der Waals surface area contributed by atoms with Crippen LogP contribution in [0.4, 0.5) is 5.69 Å². The monoisotopic (exact) mass is 348 g/mol. The van der Waals surface area contributed by atoms with Gasteiger partial charge in [-0.2, -0.15) is 5.10 Å². The summed E-state index contributed by atoms with van der Waals surface area (Å²) in [6.45, 7) is 0.391. The molecule has 1 amide bonds. The van der Waals surface area contributed by atoms with Crippen molar-refractivity contribution in [2.45, 2.75) is 6.61 Å². The molecule has 6 nitrogen and oxygen atoms in total. The van der Waals surface area contributed by atoms with E-state index in [4.69, 9.17) is 16.3 Å². The van der Waals surface area contributed by atoms with E-state index in [-0.39, 0.29) is 5.91 Å². The molecule has 2 aromatic heterocycles. The van der Waals surface area contributed by atoms with E-state index in [2.05, 4.69) is 15.4 Å². The number of aromatic nitrogens is 3. The number of benzene rings is 1. The number of hydrogen-bond donors (Lipinski definition) is 1. The van der Waals surface area contributed by atoms with E-state index < -0.39 is 0 Å². The molecule has 0 bridgehead atoms. The van der Waals surface area contributed by atoms with Crippen molar-refractivity contribution in [3.8, 4) is 5.69 Å². The van der Waals surface area contributed by atoms with Crippen LogP contribution in [-0.2, 0) is 11.3 Å². The molecule has 0 aliphatic heterocycles. The van der Waals surface area contributed by atoms with Crippen molar-refractivity contribution in [3.05, 3.63) is 57.8 Å². The molecule has 1 N–H and O–H groups in total. The van der Waals surface area contributed by atoms with E-state index in [1.807, 2.05) is 6.07 Å². The molecule has 8 heteroatoms. The summed E-state index contributed by atoms with van der Waals surface area (Å²) in [6, 6.07) is 7.05. The molecule has 23 heavy (non-hydrogen) atoms. The number of anilines is 1. The second-order valence-electron chi connectivity index (χ2n) is 4.63. The Hall–Kier alpha value is -2.22. The smallest absolute Gasteiger partial charge is 0.275 e. The topological polar surface area (TPSA) is 69.0 Å². The first-order valence-electron chi connectivity index (χ1n) is 6.71. The Morgan fingerprint density at radius 3 is 3.04 bits per heavy atom. The zero-order valence-corrected chi connectivity index (χ0v) is 13.8. The normalized spacial score (nSPS) is 10.7. The molecule has 0 unspecified atom stereocenters. The van der Waals surface area contributed by atoms with Crippen molar-refractivity contribution in [1.82, 2.24) is 14.8 Å². The third-order valence-electron chi connectivity index (χ3n) is 3.01. The Bertz CT molecular complexity index is 817. The van der Waals surface area contributed by atoms with E-state index >= 15 is 0 Å². The van der Waals surface area contributed by atoms with Gasteiger partial charge in [-0.3, -0.25) is 4.79 Å². The third-order valence-corrected chi connectivity index (χ3v) is 4.13. The highest BCUT2D eigenvalue weighted by Gasteiger charge is 2.12. The first-order chi connectivity index (χ1) is 11.2. The zero-order valence-electron chi connectivity index (χ0n) is 12.2. The predicted molar refractivity (Wildman–Crippen MR) is 89.4 cm³/mol.